The van der Waals surface area contributed by atoms with Crippen LogP contribution in [0.1, 0.15) is 72.6 Å². The fraction of sp³-hybridized carbons (Fsp3) is 0.682. The normalized spacial score (nSPS) is 15.6. The van der Waals surface area contributed by atoms with Crippen molar-refractivity contribution in [3.05, 3.63) is 47.0 Å². The predicted molar refractivity (Wildman–Crippen MR) is 103 cm³/mol. The summed E-state index contributed by atoms with van der Waals surface area (Å²) in [6, 6.07) is 0. The van der Waals surface area contributed by atoms with Crippen molar-refractivity contribution in [3.8, 4) is 0 Å². The quantitative estimate of drug-likeness (QED) is 0.264. The molecule has 0 saturated heterocycles. The highest BCUT2D eigenvalue weighted by Gasteiger charge is 2.23. The first kappa shape index (κ1) is 23.4. The Kier molecular flexibility index (Phi) is 17.5. The summed E-state index contributed by atoms with van der Waals surface area (Å²) in [5, 5.41) is 0. The zero-order chi connectivity index (χ0) is 17.4. The Balaban J connectivity index is 0. The summed E-state index contributed by atoms with van der Waals surface area (Å²) in [7, 11) is 0. The Morgan fingerprint density at radius 1 is 0.727 bits per heavy atom. The number of rotatable bonds is 12. The number of hydrogen-bond acceptors (Lipinski definition) is 0. The van der Waals surface area contributed by atoms with Gasteiger partial charge in [0.2, 0.25) is 6.42 Å². The molecular weight excluding hydrogens is 264 g/mol. The maximum absolute atomic E-state index is 4.13. The summed E-state index contributed by atoms with van der Waals surface area (Å²) < 4.78 is 0. The highest BCUT2D eigenvalue weighted by atomic mass is 14.2. The van der Waals surface area contributed by atoms with Crippen molar-refractivity contribution >= 4 is 0 Å². The first-order valence-electron chi connectivity index (χ1n) is 9.02. The minimum atomic E-state index is 0.506. The SMILES string of the molecule is C[CH+]C[CH+]CCC[CH+]C.[CH2+]C(C)CC([CH2+])CC([CH2+])CC([CH2+])C. The van der Waals surface area contributed by atoms with E-state index in [0.717, 1.165) is 19.3 Å². The zero-order valence-electron chi connectivity index (χ0n) is 15.8. The average molecular weight is 306 g/mol. The van der Waals surface area contributed by atoms with E-state index >= 15 is 0 Å². The van der Waals surface area contributed by atoms with E-state index in [9.17, 15) is 0 Å². The van der Waals surface area contributed by atoms with Crippen LogP contribution in [0.3, 0.4) is 0 Å². The van der Waals surface area contributed by atoms with Gasteiger partial charge in [-0.3, -0.25) is 0 Å². The van der Waals surface area contributed by atoms with Crippen LogP contribution >= 0.6 is 0 Å². The van der Waals surface area contributed by atoms with Gasteiger partial charge in [0.25, 0.3) is 0 Å². The van der Waals surface area contributed by atoms with Crippen LogP contribution in [0.2, 0.25) is 0 Å². The van der Waals surface area contributed by atoms with E-state index in [1.165, 1.54) is 25.7 Å². The highest BCUT2D eigenvalue weighted by Crippen LogP contribution is 2.22. The van der Waals surface area contributed by atoms with Crippen LogP contribution in [0.15, 0.2) is 0 Å². The molecular formula is C22H41+7. The van der Waals surface area contributed by atoms with Crippen LogP contribution in [0.5, 0.6) is 0 Å². The second kappa shape index (κ2) is 16.5. The van der Waals surface area contributed by atoms with Gasteiger partial charge >= 0.3 is 0 Å². The lowest BCUT2D eigenvalue weighted by molar-refractivity contribution is 0.381. The van der Waals surface area contributed by atoms with Crippen LogP contribution in [0.4, 0.5) is 0 Å². The predicted octanol–water partition coefficient (Wildman–Crippen LogP) is 7.20. The average Bonchev–Trinajstić information content (AvgIpc) is 2.37. The molecule has 0 heteroatoms. The topological polar surface area (TPSA) is 0 Å². The first-order chi connectivity index (χ1) is 10.3. The fourth-order valence-electron chi connectivity index (χ4n) is 2.55. The van der Waals surface area contributed by atoms with Crippen molar-refractivity contribution < 1.29 is 0 Å². The molecule has 0 fully saturated rings. The molecule has 0 heterocycles. The molecule has 0 aromatic rings. The van der Waals surface area contributed by atoms with Crippen molar-refractivity contribution in [1.29, 1.82) is 0 Å². The van der Waals surface area contributed by atoms with Crippen molar-refractivity contribution in [2.75, 3.05) is 0 Å². The molecule has 0 radical (unpaired) electrons. The molecule has 0 rings (SSSR count). The van der Waals surface area contributed by atoms with Gasteiger partial charge in [-0.1, -0.05) is 0 Å². The fourth-order valence-corrected chi connectivity index (χ4v) is 2.55. The van der Waals surface area contributed by atoms with Crippen LogP contribution in [0.25, 0.3) is 0 Å². The monoisotopic (exact) mass is 305 g/mol. The highest BCUT2D eigenvalue weighted by molar-refractivity contribution is 4.74. The molecule has 122 valence electrons. The van der Waals surface area contributed by atoms with Gasteiger partial charge in [0.1, 0.15) is 24.7 Å². The molecule has 0 aliphatic rings. The van der Waals surface area contributed by atoms with Gasteiger partial charge < -0.3 is 0 Å². The maximum Gasteiger partial charge on any atom is 0.217 e. The maximum atomic E-state index is 4.13. The van der Waals surface area contributed by atoms with Gasteiger partial charge in [0.15, 0.2) is 0 Å². The summed E-state index contributed by atoms with van der Waals surface area (Å²) in [4.78, 5) is 0. The molecule has 0 bridgehead atoms. The first-order valence-corrected chi connectivity index (χ1v) is 9.02. The summed E-state index contributed by atoms with van der Waals surface area (Å²) >= 11 is 0. The van der Waals surface area contributed by atoms with E-state index in [1.807, 2.05) is 0 Å². The van der Waals surface area contributed by atoms with Crippen molar-refractivity contribution in [1.82, 2.24) is 0 Å². The van der Waals surface area contributed by atoms with Gasteiger partial charge in [-0.2, -0.15) is 0 Å². The Morgan fingerprint density at radius 2 is 1.23 bits per heavy atom. The Morgan fingerprint density at radius 3 is 1.59 bits per heavy atom. The number of unbranched alkanes of at least 4 members (excludes halogenated alkanes) is 6. The largest absolute Gasteiger partial charge is 0.217 e. The van der Waals surface area contributed by atoms with E-state index in [-0.39, 0.29) is 0 Å². The third-order valence-corrected chi connectivity index (χ3v) is 3.44. The summed E-state index contributed by atoms with van der Waals surface area (Å²) in [6.07, 6.45) is 15.1. The molecule has 4 unspecified atom stereocenters. The third-order valence-electron chi connectivity index (χ3n) is 3.44. The van der Waals surface area contributed by atoms with E-state index in [2.05, 4.69) is 74.7 Å². The molecule has 0 saturated carbocycles. The minimum Gasteiger partial charge on any atom is -0.0215 e. The minimum absolute atomic E-state index is 0.506. The lowest BCUT2D eigenvalue weighted by Gasteiger charge is -2.08. The van der Waals surface area contributed by atoms with Crippen LogP contribution in [-0.2, 0) is 0 Å². The summed E-state index contributed by atoms with van der Waals surface area (Å²) in [5.41, 5.74) is 0. The van der Waals surface area contributed by atoms with Crippen molar-refractivity contribution in [2.45, 2.75) is 72.6 Å². The van der Waals surface area contributed by atoms with E-state index in [4.69, 9.17) is 0 Å². The van der Waals surface area contributed by atoms with E-state index < -0.39 is 0 Å². The molecule has 0 aromatic carbocycles. The molecule has 0 spiro atoms. The Bertz CT molecular complexity index is 172. The zero-order valence-corrected chi connectivity index (χ0v) is 15.8. The Hall–Kier alpha value is -0.910. The molecule has 0 N–H and O–H groups in total. The van der Waals surface area contributed by atoms with Gasteiger partial charge in [0.05, 0.1) is 72.6 Å². The molecule has 4 atom stereocenters. The second-order valence-electron chi connectivity index (χ2n) is 6.92. The standard InChI is InChI=1S/C13H24.C9H17/c1-10(2)7-12(5)9-13(6)8-11(3)4;1-3-5-7-9-8-6-4-2/h10-13H,1,3,5-9H2,2,4H3;3-4,7H,5-6,8-9H2,1-2H3/q+4;+3. The molecule has 0 nitrogen and oxygen atoms in total. The second-order valence-corrected chi connectivity index (χ2v) is 6.92. The number of hydrogen-bond donors (Lipinski definition) is 0. The van der Waals surface area contributed by atoms with Gasteiger partial charge in [-0.25, -0.2) is 0 Å². The molecule has 0 aliphatic heterocycles. The molecule has 0 amide bonds. The van der Waals surface area contributed by atoms with Gasteiger partial charge in [-0.05, 0) is 13.8 Å². The lowest BCUT2D eigenvalue weighted by Crippen LogP contribution is -2.08. The van der Waals surface area contributed by atoms with Crippen LogP contribution < -0.4 is 0 Å². The third kappa shape index (κ3) is 21.4. The summed E-state index contributed by atoms with van der Waals surface area (Å²) in [5.74, 6) is 2.03. The Labute approximate surface area is 143 Å². The van der Waals surface area contributed by atoms with E-state index in [0.29, 0.717) is 23.7 Å². The van der Waals surface area contributed by atoms with Gasteiger partial charge in [-0.15, -0.1) is 0 Å². The summed E-state index contributed by atoms with van der Waals surface area (Å²) in [6.45, 7) is 24.7. The van der Waals surface area contributed by atoms with Crippen molar-refractivity contribution in [2.24, 2.45) is 23.7 Å². The lowest BCUT2D eigenvalue weighted by atomic mass is 9.86. The molecule has 22 heavy (non-hydrogen) atoms. The molecule has 0 aromatic heterocycles. The van der Waals surface area contributed by atoms with E-state index in [1.54, 1.807) is 0 Å². The molecule has 0 aliphatic carbocycles. The van der Waals surface area contributed by atoms with Crippen LogP contribution in [0, 0.1) is 70.6 Å². The van der Waals surface area contributed by atoms with Gasteiger partial charge in [0, 0.05) is 25.7 Å². The van der Waals surface area contributed by atoms with Crippen molar-refractivity contribution in [3.63, 3.8) is 0 Å². The van der Waals surface area contributed by atoms with Crippen LogP contribution in [-0.4, -0.2) is 0 Å². The smallest absolute Gasteiger partial charge is 0.0215 e.